The SMILES string of the molecule is CC1CC(C)C(C(N)C(F)(F)F)S1. The molecular formula is C8H14F3NS. The van der Waals surface area contributed by atoms with Crippen molar-refractivity contribution in [3.8, 4) is 0 Å². The molecule has 0 aromatic heterocycles. The van der Waals surface area contributed by atoms with E-state index in [4.69, 9.17) is 5.73 Å². The molecule has 2 N–H and O–H groups in total. The standard InChI is InChI=1S/C8H14F3NS/c1-4-3-5(2)13-6(4)7(12)8(9,10)11/h4-7H,3,12H2,1-2H3. The Kier molecular flexibility index (Phi) is 3.17. The van der Waals surface area contributed by atoms with E-state index in [1.807, 2.05) is 13.8 Å². The summed E-state index contributed by atoms with van der Waals surface area (Å²) in [4.78, 5) is 0. The van der Waals surface area contributed by atoms with Gasteiger partial charge in [0.25, 0.3) is 0 Å². The van der Waals surface area contributed by atoms with Gasteiger partial charge in [-0.05, 0) is 12.3 Å². The van der Waals surface area contributed by atoms with E-state index in [0.29, 0.717) is 5.25 Å². The highest BCUT2D eigenvalue weighted by Crippen LogP contribution is 2.42. The molecule has 0 radical (unpaired) electrons. The Bertz CT molecular complexity index is 183. The van der Waals surface area contributed by atoms with E-state index in [0.717, 1.165) is 6.42 Å². The lowest BCUT2D eigenvalue weighted by Gasteiger charge is -2.24. The average molecular weight is 213 g/mol. The number of hydrogen-bond donors (Lipinski definition) is 1. The van der Waals surface area contributed by atoms with Gasteiger partial charge in [0, 0.05) is 10.5 Å². The molecule has 0 aromatic carbocycles. The fraction of sp³-hybridized carbons (Fsp3) is 1.00. The molecule has 4 unspecified atom stereocenters. The largest absolute Gasteiger partial charge is 0.404 e. The number of hydrogen-bond acceptors (Lipinski definition) is 2. The maximum atomic E-state index is 12.3. The first-order valence-corrected chi connectivity index (χ1v) is 5.24. The molecule has 78 valence electrons. The maximum Gasteiger partial charge on any atom is 0.404 e. The van der Waals surface area contributed by atoms with Gasteiger partial charge in [-0.15, -0.1) is 0 Å². The fourth-order valence-electron chi connectivity index (χ4n) is 1.74. The number of alkyl halides is 3. The van der Waals surface area contributed by atoms with E-state index in [1.54, 1.807) is 0 Å². The lowest BCUT2D eigenvalue weighted by Crippen LogP contribution is -2.46. The Morgan fingerprint density at radius 2 is 1.92 bits per heavy atom. The average Bonchev–Trinajstić information content (AvgIpc) is 2.26. The van der Waals surface area contributed by atoms with Crippen molar-refractivity contribution < 1.29 is 13.2 Å². The van der Waals surface area contributed by atoms with E-state index < -0.39 is 17.5 Å². The van der Waals surface area contributed by atoms with Crippen molar-refractivity contribution in [1.82, 2.24) is 0 Å². The van der Waals surface area contributed by atoms with Crippen LogP contribution in [0.1, 0.15) is 20.3 Å². The third-order valence-corrected chi connectivity index (χ3v) is 4.12. The number of nitrogens with two attached hydrogens (primary N) is 1. The van der Waals surface area contributed by atoms with Gasteiger partial charge in [-0.25, -0.2) is 0 Å². The first kappa shape index (κ1) is 11.2. The van der Waals surface area contributed by atoms with Crippen LogP contribution >= 0.6 is 11.8 Å². The minimum absolute atomic E-state index is 0.0663. The van der Waals surface area contributed by atoms with E-state index in [-0.39, 0.29) is 5.92 Å². The van der Waals surface area contributed by atoms with Gasteiger partial charge >= 0.3 is 6.18 Å². The van der Waals surface area contributed by atoms with Crippen molar-refractivity contribution in [2.75, 3.05) is 0 Å². The highest BCUT2D eigenvalue weighted by Gasteiger charge is 2.47. The number of thioether (sulfide) groups is 1. The molecular weight excluding hydrogens is 199 g/mol. The third kappa shape index (κ3) is 2.53. The van der Waals surface area contributed by atoms with Crippen molar-refractivity contribution in [1.29, 1.82) is 0 Å². The van der Waals surface area contributed by atoms with Gasteiger partial charge in [0.15, 0.2) is 0 Å². The van der Waals surface area contributed by atoms with Crippen molar-refractivity contribution >= 4 is 11.8 Å². The second kappa shape index (κ2) is 3.69. The predicted octanol–water partition coefficient (Wildman–Crippen LogP) is 2.41. The Hall–Kier alpha value is 0.100. The quantitative estimate of drug-likeness (QED) is 0.723. The van der Waals surface area contributed by atoms with E-state index in [9.17, 15) is 13.2 Å². The zero-order valence-corrected chi connectivity index (χ0v) is 8.45. The van der Waals surface area contributed by atoms with Crippen LogP contribution in [0.15, 0.2) is 0 Å². The number of rotatable bonds is 1. The topological polar surface area (TPSA) is 26.0 Å². The third-order valence-electron chi connectivity index (χ3n) is 2.39. The molecule has 0 saturated carbocycles. The van der Waals surface area contributed by atoms with E-state index >= 15 is 0 Å². The molecule has 0 amide bonds. The second-order valence-corrected chi connectivity index (χ2v) is 5.31. The van der Waals surface area contributed by atoms with Crippen LogP contribution in [0.3, 0.4) is 0 Å². The highest BCUT2D eigenvalue weighted by molar-refractivity contribution is 8.00. The summed E-state index contributed by atoms with van der Waals surface area (Å²) >= 11 is 1.36. The molecule has 1 aliphatic heterocycles. The molecule has 13 heavy (non-hydrogen) atoms. The van der Waals surface area contributed by atoms with Gasteiger partial charge in [0.05, 0.1) is 0 Å². The van der Waals surface area contributed by atoms with Crippen LogP contribution in [0.25, 0.3) is 0 Å². The van der Waals surface area contributed by atoms with Crippen LogP contribution < -0.4 is 5.73 Å². The summed E-state index contributed by atoms with van der Waals surface area (Å²) in [5.41, 5.74) is 5.16. The lowest BCUT2D eigenvalue weighted by atomic mass is 9.97. The molecule has 1 nitrogen and oxygen atoms in total. The van der Waals surface area contributed by atoms with Gasteiger partial charge in [-0.1, -0.05) is 13.8 Å². The molecule has 0 aromatic rings. The van der Waals surface area contributed by atoms with Crippen molar-refractivity contribution in [2.24, 2.45) is 11.7 Å². The zero-order valence-electron chi connectivity index (χ0n) is 7.64. The Morgan fingerprint density at radius 3 is 2.23 bits per heavy atom. The predicted molar refractivity (Wildman–Crippen MR) is 48.7 cm³/mol. The zero-order chi connectivity index (χ0) is 10.2. The molecule has 5 heteroatoms. The molecule has 1 heterocycles. The summed E-state index contributed by atoms with van der Waals surface area (Å²) in [7, 11) is 0. The van der Waals surface area contributed by atoms with Crippen LogP contribution in [-0.4, -0.2) is 22.7 Å². The maximum absolute atomic E-state index is 12.3. The van der Waals surface area contributed by atoms with Gasteiger partial charge in [-0.3, -0.25) is 0 Å². The summed E-state index contributed by atoms with van der Waals surface area (Å²) in [6.07, 6.45) is -3.42. The summed E-state index contributed by atoms with van der Waals surface area (Å²) < 4.78 is 36.8. The summed E-state index contributed by atoms with van der Waals surface area (Å²) in [6.45, 7) is 3.79. The summed E-state index contributed by atoms with van der Waals surface area (Å²) in [5, 5.41) is -0.164. The minimum atomic E-state index is -4.25. The monoisotopic (exact) mass is 213 g/mol. The molecule has 0 spiro atoms. The van der Waals surface area contributed by atoms with Crippen LogP contribution in [0.5, 0.6) is 0 Å². The molecule has 1 aliphatic rings. The molecule has 1 saturated heterocycles. The van der Waals surface area contributed by atoms with Gasteiger partial charge in [-0.2, -0.15) is 24.9 Å². The van der Waals surface area contributed by atoms with Gasteiger partial charge < -0.3 is 5.73 Å². The highest BCUT2D eigenvalue weighted by atomic mass is 32.2. The molecule has 0 bridgehead atoms. The summed E-state index contributed by atoms with van der Waals surface area (Å²) in [5.74, 6) is 0.0663. The first-order valence-electron chi connectivity index (χ1n) is 4.30. The molecule has 4 atom stereocenters. The number of halogens is 3. The normalized spacial score (nSPS) is 37.8. The van der Waals surface area contributed by atoms with Crippen LogP contribution in [0.2, 0.25) is 0 Å². The fourth-order valence-corrected chi connectivity index (χ4v) is 3.39. The second-order valence-electron chi connectivity index (χ2n) is 3.69. The molecule has 1 rings (SSSR count). The molecule has 0 aliphatic carbocycles. The van der Waals surface area contributed by atoms with E-state index in [1.165, 1.54) is 11.8 Å². The van der Waals surface area contributed by atoms with Crippen molar-refractivity contribution in [3.63, 3.8) is 0 Å². The minimum Gasteiger partial charge on any atom is -0.319 e. The Labute approximate surface area is 80.2 Å². The van der Waals surface area contributed by atoms with Crippen molar-refractivity contribution in [2.45, 2.75) is 43.0 Å². The van der Waals surface area contributed by atoms with Crippen LogP contribution in [0, 0.1) is 5.92 Å². The Balaban J connectivity index is 2.62. The van der Waals surface area contributed by atoms with Gasteiger partial charge in [0.1, 0.15) is 6.04 Å². The van der Waals surface area contributed by atoms with Crippen molar-refractivity contribution in [3.05, 3.63) is 0 Å². The van der Waals surface area contributed by atoms with E-state index in [2.05, 4.69) is 0 Å². The molecule has 1 fully saturated rings. The first-order chi connectivity index (χ1) is 5.82. The van der Waals surface area contributed by atoms with Crippen LogP contribution in [0.4, 0.5) is 13.2 Å². The summed E-state index contributed by atoms with van der Waals surface area (Å²) in [6, 6.07) is -1.67. The Morgan fingerprint density at radius 1 is 1.38 bits per heavy atom. The van der Waals surface area contributed by atoms with Gasteiger partial charge in [0.2, 0.25) is 0 Å². The smallest absolute Gasteiger partial charge is 0.319 e. The lowest BCUT2D eigenvalue weighted by molar-refractivity contribution is -0.149. The van der Waals surface area contributed by atoms with Crippen LogP contribution in [-0.2, 0) is 0 Å².